The Balaban J connectivity index is 1.98. The van der Waals surface area contributed by atoms with E-state index in [1.54, 1.807) is 6.92 Å². The highest BCUT2D eigenvalue weighted by molar-refractivity contribution is 5.94. The Morgan fingerprint density at radius 1 is 1.56 bits per heavy atom. The van der Waals surface area contributed by atoms with Gasteiger partial charge in [-0.25, -0.2) is 0 Å². The highest BCUT2D eigenvalue weighted by Gasteiger charge is 2.21. The summed E-state index contributed by atoms with van der Waals surface area (Å²) < 4.78 is 5.17. The zero-order valence-electron chi connectivity index (χ0n) is 9.90. The minimum absolute atomic E-state index is 0.0455. The number of carbonyl (C=O) groups excluding carboxylic acids is 1. The first kappa shape index (κ1) is 11.3. The molecule has 0 radical (unpaired) electrons. The molecule has 4 heteroatoms. The summed E-state index contributed by atoms with van der Waals surface area (Å²) in [6.07, 6.45) is 4.73. The largest absolute Gasteiger partial charge is 0.361 e. The number of hydrogen-bond donors (Lipinski definition) is 0. The fraction of sp³-hybridized carbons (Fsp3) is 0.667. The average molecular weight is 222 g/mol. The van der Waals surface area contributed by atoms with Gasteiger partial charge in [0.1, 0.15) is 5.76 Å². The van der Waals surface area contributed by atoms with E-state index < -0.39 is 0 Å². The molecule has 0 N–H and O–H groups in total. The number of Topliss-reactive ketones (excluding diaryl/α,β-unsaturated/α-hetero) is 1. The first-order valence-corrected chi connectivity index (χ1v) is 5.80. The second-order valence-corrected chi connectivity index (χ2v) is 4.67. The number of rotatable bonds is 3. The maximum Gasteiger partial charge on any atom is 0.164 e. The molecule has 4 nitrogen and oxygen atoms in total. The first-order valence-electron chi connectivity index (χ1n) is 5.80. The van der Waals surface area contributed by atoms with Gasteiger partial charge in [0.15, 0.2) is 5.78 Å². The predicted molar refractivity (Wildman–Crippen MR) is 60.4 cm³/mol. The number of hydrogen-bond acceptors (Lipinski definition) is 4. The van der Waals surface area contributed by atoms with Crippen LogP contribution in [0.1, 0.15) is 35.9 Å². The van der Waals surface area contributed by atoms with Gasteiger partial charge in [-0.05, 0) is 45.8 Å². The van der Waals surface area contributed by atoms with Crippen molar-refractivity contribution in [2.24, 2.45) is 5.92 Å². The molecule has 1 saturated heterocycles. The summed E-state index contributed by atoms with van der Waals surface area (Å²) in [4.78, 5) is 13.6. The van der Waals surface area contributed by atoms with Gasteiger partial charge in [0.2, 0.25) is 0 Å². The standard InChI is InChI=1S/C12H18N2O2/c1-9(15)11-8-13-16-12(11)7-10-3-5-14(2)6-4-10/h8,10H,3-7H2,1-2H3. The molecule has 0 saturated carbocycles. The lowest BCUT2D eigenvalue weighted by Gasteiger charge is -2.28. The molecule has 2 rings (SSSR count). The van der Waals surface area contributed by atoms with Crippen LogP contribution in [0.5, 0.6) is 0 Å². The summed E-state index contributed by atoms with van der Waals surface area (Å²) in [5.74, 6) is 1.44. The van der Waals surface area contributed by atoms with Crippen LogP contribution in [0.15, 0.2) is 10.7 Å². The second-order valence-electron chi connectivity index (χ2n) is 4.67. The Morgan fingerprint density at radius 3 is 2.88 bits per heavy atom. The number of aromatic nitrogens is 1. The van der Waals surface area contributed by atoms with Gasteiger partial charge >= 0.3 is 0 Å². The lowest BCUT2D eigenvalue weighted by Crippen LogP contribution is -2.31. The highest BCUT2D eigenvalue weighted by atomic mass is 16.5. The van der Waals surface area contributed by atoms with Crippen molar-refractivity contribution in [3.8, 4) is 0 Å². The molecule has 0 aromatic carbocycles. The molecule has 0 aliphatic carbocycles. The van der Waals surface area contributed by atoms with Gasteiger partial charge in [0.25, 0.3) is 0 Å². The van der Waals surface area contributed by atoms with Gasteiger partial charge in [-0.1, -0.05) is 5.16 Å². The lowest BCUT2D eigenvalue weighted by atomic mass is 9.91. The highest BCUT2D eigenvalue weighted by Crippen LogP contribution is 2.22. The SMILES string of the molecule is CC(=O)c1cnoc1CC1CCN(C)CC1. The molecule has 16 heavy (non-hydrogen) atoms. The Hall–Kier alpha value is -1.16. The summed E-state index contributed by atoms with van der Waals surface area (Å²) in [5.41, 5.74) is 0.652. The first-order chi connectivity index (χ1) is 7.66. The van der Waals surface area contributed by atoms with Gasteiger partial charge in [-0.15, -0.1) is 0 Å². The minimum Gasteiger partial charge on any atom is -0.361 e. The van der Waals surface area contributed by atoms with Crippen LogP contribution in [0.25, 0.3) is 0 Å². The summed E-state index contributed by atoms with van der Waals surface area (Å²) in [7, 11) is 2.14. The molecule has 1 fully saturated rings. The van der Waals surface area contributed by atoms with E-state index in [1.165, 1.54) is 19.0 Å². The van der Waals surface area contributed by atoms with E-state index in [0.29, 0.717) is 11.5 Å². The van der Waals surface area contributed by atoms with Gasteiger partial charge in [-0.3, -0.25) is 4.79 Å². The topological polar surface area (TPSA) is 46.3 Å². The number of likely N-dealkylation sites (tertiary alicyclic amines) is 1. The van der Waals surface area contributed by atoms with Crippen LogP contribution in [0.2, 0.25) is 0 Å². The van der Waals surface area contributed by atoms with Crippen LogP contribution in [0.4, 0.5) is 0 Å². The second kappa shape index (κ2) is 4.78. The van der Waals surface area contributed by atoms with Crippen molar-refractivity contribution in [2.75, 3.05) is 20.1 Å². The molecular weight excluding hydrogens is 204 g/mol. The van der Waals surface area contributed by atoms with Gasteiger partial charge in [-0.2, -0.15) is 0 Å². The quantitative estimate of drug-likeness (QED) is 0.731. The smallest absolute Gasteiger partial charge is 0.164 e. The molecule has 0 spiro atoms. The normalized spacial score (nSPS) is 18.9. The molecule has 0 amide bonds. The van der Waals surface area contributed by atoms with Crippen molar-refractivity contribution < 1.29 is 9.32 Å². The zero-order valence-corrected chi connectivity index (χ0v) is 9.90. The van der Waals surface area contributed by atoms with Crippen LogP contribution in [-0.4, -0.2) is 36.0 Å². The van der Waals surface area contributed by atoms with Crippen molar-refractivity contribution in [3.63, 3.8) is 0 Å². The number of nitrogens with zero attached hydrogens (tertiary/aromatic N) is 2. The third kappa shape index (κ3) is 2.50. The maximum absolute atomic E-state index is 11.3. The van der Waals surface area contributed by atoms with Gasteiger partial charge in [0.05, 0.1) is 11.8 Å². The Bertz CT molecular complexity index is 365. The van der Waals surface area contributed by atoms with Crippen LogP contribution in [0, 0.1) is 5.92 Å². The van der Waals surface area contributed by atoms with Crippen molar-refractivity contribution in [2.45, 2.75) is 26.2 Å². The number of ketones is 1. The monoisotopic (exact) mass is 222 g/mol. The minimum atomic E-state index is 0.0455. The van der Waals surface area contributed by atoms with Gasteiger partial charge < -0.3 is 9.42 Å². The van der Waals surface area contributed by atoms with Crippen LogP contribution < -0.4 is 0 Å². The van der Waals surface area contributed by atoms with E-state index in [-0.39, 0.29) is 5.78 Å². The molecule has 1 aliphatic heterocycles. The fourth-order valence-corrected chi connectivity index (χ4v) is 2.23. The number of carbonyl (C=O) groups is 1. The zero-order chi connectivity index (χ0) is 11.5. The van der Waals surface area contributed by atoms with E-state index in [1.807, 2.05) is 0 Å². The summed E-state index contributed by atoms with van der Waals surface area (Å²) >= 11 is 0. The van der Waals surface area contributed by atoms with Crippen molar-refractivity contribution in [1.29, 1.82) is 0 Å². The van der Waals surface area contributed by atoms with E-state index in [4.69, 9.17) is 4.52 Å². The summed E-state index contributed by atoms with van der Waals surface area (Å²) in [5, 5.41) is 3.72. The van der Waals surface area contributed by atoms with E-state index in [9.17, 15) is 4.79 Å². The number of piperidine rings is 1. The van der Waals surface area contributed by atoms with Crippen molar-refractivity contribution >= 4 is 5.78 Å². The Morgan fingerprint density at radius 2 is 2.25 bits per heavy atom. The van der Waals surface area contributed by atoms with Crippen LogP contribution in [-0.2, 0) is 6.42 Å². The summed E-state index contributed by atoms with van der Waals surface area (Å²) in [6.45, 7) is 3.83. The molecule has 88 valence electrons. The predicted octanol–water partition coefficient (Wildman–Crippen LogP) is 1.76. The molecular formula is C12H18N2O2. The van der Waals surface area contributed by atoms with Crippen LogP contribution in [0.3, 0.4) is 0 Å². The van der Waals surface area contributed by atoms with Crippen molar-refractivity contribution in [1.82, 2.24) is 10.1 Å². The lowest BCUT2D eigenvalue weighted by molar-refractivity contribution is 0.101. The molecule has 0 bridgehead atoms. The van der Waals surface area contributed by atoms with E-state index in [0.717, 1.165) is 25.3 Å². The van der Waals surface area contributed by atoms with E-state index >= 15 is 0 Å². The third-order valence-electron chi connectivity index (χ3n) is 3.34. The Labute approximate surface area is 95.6 Å². The van der Waals surface area contributed by atoms with Crippen molar-refractivity contribution in [3.05, 3.63) is 17.5 Å². The maximum atomic E-state index is 11.3. The molecule has 0 unspecified atom stereocenters. The molecule has 0 atom stereocenters. The molecule has 1 aromatic rings. The fourth-order valence-electron chi connectivity index (χ4n) is 2.23. The molecule has 1 aliphatic rings. The van der Waals surface area contributed by atoms with Gasteiger partial charge in [0, 0.05) is 6.42 Å². The molecule has 2 heterocycles. The summed E-state index contributed by atoms with van der Waals surface area (Å²) in [6, 6.07) is 0. The van der Waals surface area contributed by atoms with E-state index in [2.05, 4.69) is 17.1 Å². The van der Waals surface area contributed by atoms with Crippen LogP contribution >= 0.6 is 0 Å². The average Bonchev–Trinajstić information content (AvgIpc) is 2.69. The molecule has 1 aromatic heterocycles. The third-order valence-corrected chi connectivity index (χ3v) is 3.34. The Kier molecular flexibility index (Phi) is 3.39.